The summed E-state index contributed by atoms with van der Waals surface area (Å²) in [6.07, 6.45) is 2.63. The van der Waals surface area contributed by atoms with Crippen LogP contribution in [-0.4, -0.2) is 50.0 Å². The molecule has 7 nitrogen and oxygen atoms in total. The van der Waals surface area contributed by atoms with Crippen molar-refractivity contribution in [3.05, 3.63) is 24.0 Å². The number of carboxylic acid groups (broad SMARTS) is 1. The van der Waals surface area contributed by atoms with Crippen LogP contribution in [-0.2, 0) is 0 Å². The van der Waals surface area contributed by atoms with E-state index in [0.29, 0.717) is 5.65 Å². The van der Waals surface area contributed by atoms with Gasteiger partial charge < -0.3 is 15.1 Å². The lowest BCUT2D eigenvalue weighted by Crippen LogP contribution is -2.36. The number of anilines is 1. The van der Waals surface area contributed by atoms with E-state index >= 15 is 0 Å². The molecule has 1 aliphatic heterocycles. The Labute approximate surface area is 109 Å². The summed E-state index contributed by atoms with van der Waals surface area (Å²) in [5.74, 6) is -0.290. The maximum Gasteiger partial charge on any atom is 0.356 e. The van der Waals surface area contributed by atoms with Gasteiger partial charge in [0.2, 0.25) is 0 Å². The average Bonchev–Trinajstić information content (AvgIpc) is 2.82. The standard InChI is InChI=1S/C12H14N4O3/c17-8-3-5-15(6-4-8)11-2-1-10-13-9(12(18)19)7-16(10)14-11/h1-2,7-8,17H,3-6H2,(H,18,19). The van der Waals surface area contributed by atoms with Gasteiger partial charge in [0.05, 0.1) is 12.3 Å². The van der Waals surface area contributed by atoms with Crippen molar-refractivity contribution < 1.29 is 15.0 Å². The molecule has 1 aliphatic rings. The first-order chi connectivity index (χ1) is 9.13. The third-order valence-corrected chi connectivity index (χ3v) is 3.31. The molecule has 0 spiro atoms. The van der Waals surface area contributed by atoms with Gasteiger partial charge in [0.15, 0.2) is 11.3 Å². The van der Waals surface area contributed by atoms with Gasteiger partial charge in [-0.05, 0) is 25.0 Å². The lowest BCUT2D eigenvalue weighted by molar-refractivity contribution is 0.0691. The van der Waals surface area contributed by atoms with Gasteiger partial charge in [-0.15, -0.1) is 5.10 Å². The molecule has 1 fully saturated rings. The molecule has 0 unspecified atom stereocenters. The first kappa shape index (κ1) is 11.9. The summed E-state index contributed by atoms with van der Waals surface area (Å²) in [5, 5.41) is 22.7. The normalized spacial score (nSPS) is 17.0. The molecule has 2 N–H and O–H groups in total. The zero-order valence-corrected chi connectivity index (χ0v) is 10.2. The Hall–Kier alpha value is -2.15. The Kier molecular flexibility index (Phi) is 2.83. The smallest absolute Gasteiger partial charge is 0.356 e. The average molecular weight is 262 g/mol. The number of fused-ring (bicyclic) bond motifs is 1. The van der Waals surface area contributed by atoms with Crippen LogP contribution in [0.2, 0.25) is 0 Å². The molecule has 0 radical (unpaired) electrons. The predicted octanol–water partition coefficient (Wildman–Crippen LogP) is 0.389. The summed E-state index contributed by atoms with van der Waals surface area (Å²) < 4.78 is 1.48. The van der Waals surface area contributed by atoms with Gasteiger partial charge >= 0.3 is 5.97 Å². The molecular weight excluding hydrogens is 248 g/mol. The number of piperidine rings is 1. The Balaban J connectivity index is 1.90. The van der Waals surface area contributed by atoms with Crippen molar-refractivity contribution in [2.75, 3.05) is 18.0 Å². The van der Waals surface area contributed by atoms with Crippen LogP contribution in [0.5, 0.6) is 0 Å². The zero-order valence-electron chi connectivity index (χ0n) is 10.2. The van der Waals surface area contributed by atoms with Crippen LogP contribution in [0.4, 0.5) is 5.82 Å². The highest BCUT2D eigenvalue weighted by Gasteiger charge is 2.19. The number of carbonyl (C=O) groups is 1. The minimum absolute atomic E-state index is 0.0151. The molecule has 2 aromatic heterocycles. The van der Waals surface area contributed by atoms with Crippen molar-refractivity contribution in [3.8, 4) is 0 Å². The van der Waals surface area contributed by atoms with Crippen LogP contribution in [0, 0.1) is 0 Å². The first-order valence-electron chi connectivity index (χ1n) is 6.16. The fraction of sp³-hybridized carbons (Fsp3) is 0.417. The third-order valence-electron chi connectivity index (χ3n) is 3.31. The van der Waals surface area contributed by atoms with Crippen molar-refractivity contribution in [1.82, 2.24) is 14.6 Å². The van der Waals surface area contributed by atoms with Crippen LogP contribution < -0.4 is 4.90 Å². The molecule has 0 saturated carbocycles. The number of nitrogens with zero attached hydrogens (tertiary/aromatic N) is 4. The quantitative estimate of drug-likeness (QED) is 0.813. The Morgan fingerprint density at radius 1 is 1.32 bits per heavy atom. The van der Waals surface area contributed by atoms with Crippen molar-refractivity contribution in [1.29, 1.82) is 0 Å². The van der Waals surface area contributed by atoms with E-state index in [0.717, 1.165) is 31.7 Å². The molecule has 19 heavy (non-hydrogen) atoms. The van der Waals surface area contributed by atoms with E-state index in [1.165, 1.54) is 10.7 Å². The highest BCUT2D eigenvalue weighted by atomic mass is 16.4. The first-order valence-corrected chi connectivity index (χ1v) is 6.16. The predicted molar refractivity (Wildman–Crippen MR) is 67.4 cm³/mol. The molecular formula is C12H14N4O3. The number of rotatable bonds is 2. The van der Waals surface area contributed by atoms with Gasteiger partial charge in [0.25, 0.3) is 0 Å². The molecule has 3 heterocycles. The van der Waals surface area contributed by atoms with E-state index in [2.05, 4.69) is 15.0 Å². The summed E-state index contributed by atoms with van der Waals surface area (Å²) in [6.45, 7) is 1.50. The van der Waals surface area contributed by atoms with Crippen LogP contribution in [0.1, 0.15) is 23.3 Å². The van der Waals surface area contributed by atoms with Crippen LogP contribution in [0.3, 0.4) is 0 Å². The molecule has 1 saturated heterocycles. The highest BCUT2D eigenvalue weighted by molar-refractivity contribution is 5.86. The summed E-state index contributed by atoms with van der Waals surface area (Å²) in [5.41, 5.74) is 0.497. The summed E-state index contributed by atoms with van der Waals surface area (Å²) in [7, 11) is 0. The molecule has 0 atom stereocenters. The number of aliphatic hydroxyl groups excluding tert-OH is 1. The van der Waals surface area contributed by atoms with Gasteiger partial charge in [-0.25, -0.2) is 14.3 Å². The van der Waals surface area contributed by atoms with Crippen molar-refractivity contribution in [2.24, 2.45) is 0 Å². The molecule has 0 bridgehead atoms. The highest BCUT2D eigenvalue weighted by Crippen LogP contribution is 2.18. The minimum atomic E-state index is -1.06. The fourth-order valence-corrected chi connectivity index (χ4v) is 2.24. The van der Waals surface area contributed by atoms with Gasteiger partial charge in [0.1, 0.15) is 5.82 Å². The molecule has 0 amide bonds. The second-order valence-corrected chi connectivity index (χ2v) is 4.64. The second kappa shape index (κ2) is 4.51. The minimum Gasteiger partial charge on any atom is -0.476 e. The third kappa shape index (κ3) is 2.24. The fourth-order valence-electron chi connectivity index (χ4n) is 2.24. The summed E-state index contributed by atoms with van der Waals surface area (Å²) >= 11 is 0. The molecule has 2 aromatic rings. The maximum absolute atomic E-state index is 10.9. The lowest BCUT2D eigenvalue weighted by Gasteiger charge is -2.30. The topological polar surface area (TPSA) is 91.0 Å². The Bertz CT molecular complexity index is 616. The van der Waals surface area contributed by atoms with Gasteiger partial charge in [-0.1, -0.05) is 0 Å². The SMILES string of the molecule is O=C(O)c1cn2nc(N3CCC(O)CC3)ccc2n1. The van der Waals surface area contributed by atoms with E-state index in [9.17, 15) is 9.90 Å². The number of hydrogen-bond acceptors (Lipinski definition) is 5. The molecule has 3 rings (SSSR count). The van der Waals surface area contributed by atoms with Gasteiger partial charge in [-0.3, -0.25) is 0 Å². The number of aliphatic hydroxyl groups is 1. The van der Waals surface area contributed by atoms with E-state index in [4.69, 9.17) is 5.11 Å². The van der Waals surface area contributed by atoms with E-state index in [-0.39, 0.29) is 11.8 Å². The second-order valence-electron chi connectivity index (χ2n) is 4.64. The summed E-state index contributed by atoms with van der Waals surface area (Å²) in [4.78, 5) is 16.9. The number of hydrogen-bond donors (Lipinski definition) is 2. The van der Waals surface area contributed by atoms with E-state index in [1.807, 2.05) is 6.07 Å². The number of aromatic nitrogens is 3. The largest absolute Gasteiger partial charge is 0.476 e. The Morgan fingerprint density at radius 2 is 2.05 bits per heavy atom. The van der Waals surface area contributed by atoms with Crippen molar-refractivity contribution in [3.63, 3.8) is 0 Å². The van der Waals surface area contributed by atoms with Crippen molar-refractivity contribution >= 4 is 17.4 Å². The van der Waals surface area contributed by atoms with Gasteiger partial charge in [0, 0.05) is 13.1 Å². The number of carboxylic acids is 1. The maximum atomic E-state index is 10.9. The number of imidazole rings is 1. The lowest BCUT2D eigenvalue weighted by atomic mass is 10.1. The molecule has 7 heteroatoms. The Morgan fingerprint density at radius 3 is 2.74 bits per heavy atom. The van der Waals surface area contributed by atoms with Gasteiger partial charge in [-0.2, -0.15) is 0 Å². The molecule has 100 valence electrons. The van der Waals surface area contributed by atoms with E-state index < -0.39 is 5.97 Å². The summed E-state index contributed by atoms with van der Waals surface area (Å²) in [6, 6.07) is 3.57. The van der Waals surface area contributed by atoms with Crippen molar-refractivity contribution in [2.45, 2.75) is 18.9 Å². The van der Waals surface area contributed by atoms with Crippen LogP contribution in [0.15, 0.2) is 18.3 Å². The van der Waals surface area contributed by atoms with E-state index in [1.54, 1.807) is 6.07 Å². The van der Waals surface area contributed by atoms with Crippen LogP contribution >= 0.6 is 0 Å². The zero-order chi connectivity index (χ0) is 13.4. The van der Waals surface area contributed by atoms with Crippen LogP contribution in [0.25, 0.3) is 5.65 Å². The molecule has 0 aromatic carbocycles. The monoisotopic (exact) mass is 262 g/mol. The number of aromatic carboxylic acids is 1. The molecule has 0 aliphatic carbocycles.